The van der Waals surface area contributed by atoms with Crippen LogP contribution in [0.5, 0.6) is 5.75 Å². The zero-order valence-corrected chi connectivity index (χ0v) is 9.94. The quantitative estimate of drug-likeness (QED) is 0.825. The Morgan fingerprint density at radius 2 is 2.22 bits per heavy atom. The van der Waals surface area contributed by atoms with Crippen molar-refractivity contribution in [3.63, 3.8) is 0 Å². The number of nitrogens with one attached hydrogen (secondary N) is 1. The Hall–Kier alpha value is -2.04. The Morgan fingerprint density at radius 1 is 1.39 bits per heavy atom. The Bertz CT molecular complexity index is 470. The molecule has 0 saturated heterocycles. The van der Waals surface area contributed by atoms with Crippen molar-refractivity contribution in [3.05, 3.63) is 29.3 Å². The van der Waals surface area contributed by atoms with Crippen LogP contribution in [0.15, 0.2) is 18.2 Å². The van der Waals surface area contributed by atoms with Gasteiger partial charge in [0.2, 0.25) is 5.91 Å². The second-order valence-corrected chi connectivity index (χ2v) is 4.24. The standard InChI is InChI=1S/C13H15NO4/c15-12(14-8-13(16)17)7-9-3-4-11-10(6-9)2-1-5-18-11/h3-4,6H,1-2,5,7-8H2,(H,14,15)(H,16,17). The minimum absolute atomic E-state index is 0.195. The second kappa shape index (κ2) is 5.53. The summed E-state index contributed by atoms with van der Waals surface area (Å²) in [6, 6.07) is 5.66. The predicted octanol–water partition coefficient (Wildman–Crippen LogP) is 0.755. The van der Waals surface area contributed by atoms with Crippen molar-refractivity contribution in [2.24, 2.45) is 0 Å². The van der Waals surface area contributed by atoms with E-state index in [1.807, 2.05) is 18.2 Å². The Labute approximate surface area is 105 Å². The molecule has 2 N–H and O–H groups in total. The van der Waals surface area contributed by atoms with Gasteiger partial charge in [-0.2, -0.15) is 0 Å². The molecule has 18 heavy (non-hydrogen) atoms. The van der Waals surface area contributed by atoms with Crippen LogP contribution in [0.4, 0.5) is 0 Å². The number of ether oxygens (including phenoxy) is 1. The summed E-state index contributed by atoms with van der Waals surface area (Å²) in [5.74, 6) is -0.438. The van der Waals surface area contributed by atoms with Crippen LogP contribution in [0.1, 0.15) is 17.5 Å². The number of carbonyl (C=O) groups is 2. The van der Waals surface area contributed by atoms with E-state index in [0.717, 1.165) is 36.3 Å². The van der Waals surface area contributed by atoms with Crippen LogP contribution in [0.25, 0.3) is 0 Å². The number of rotatable bonds is 4. The molecule has 1 amide bonds. The summed E-state index contributed by atoms with van der Waals surface area (Å²) < 4.78 is 5.48. The van der Waals surface area contributed by atoms with Gasteiger partial charge < -0.3 is 15.2 Å². The van der Waals surface area contributed by atoms with E-state index in [4.69, 9.17) is 9.84 Å². The molecule has 0 radical (unpaired) electrons. The molecule has 0 unspecified atom stereocenters. The summed E-state index contributed by atoms with van der Waals surface area (Å²) in [4.78, 5) is 21.8. The number of benzene rings is 1. The molecule has 5 nitrogen and oxygen atoms in total. The number of aryl methyl sites for hydroxylation is 1. The molecule has 1 aliphatic heterocycles. The normalized spacial score (nSPS) is 13.3. The van der Waals surface area contributed by atoms with Crippen molar-refractivity contribution >= 4 is 11.9 Å². The summed E-state index contributed by atoms with van der Waals surface area (Å²) in [6.45, 7) is 0.401. The first-order valence-electron chi connectivity index (χ1n) is 5.88. The van der Waals surface area contributed by atoms with E-state index in [9.17, 15) is 9.59 Å². The number of carboxylic acid groups (broad SMARTS) is 1. The van der Waals surface area contributed by atoms with Gasteiger partial charge in [-0.3, -0.25) is 9.59 Å². The van der Waals surface area contributed by atoms with Crippen molar-refractivity contribution < 1.29 is 19.4 Å². The van der Waals surface area contributed by atoms with Crippen molar-refractivity contribution in [3.8, 4) is 5.75 Å². The minimum Gasteiger partial charge on any atom is -0.493 e. The maximum absolute atomic E-state index is 11.5. The van der Waals surface area contributed by atoms with Crippen molar-refractivity contribution in [2.45, 2.75) is 19.3 Å². The Balaban J connectivity index is 1.97. The fourth-order valence-electron chi connectivity index (χ4n) is 1.95. The molecule has 0 saturated carbocycles. The van der Waals surface area contributed by atoms with Crippen LogP contribution in [-0.4, -0.2) is 30.1 Å². The van der Waals surface area contributed by atoms with E-state index in [0.29, 0.717) is 0 Å². The zero-order valence-electron chi connectivity index (χ0n) is 9.94. The maximum Gasteiger partial charge on any atom is 0.322 e. The molecule has 0 spiro atoms. The predicted molar refractivity (Wildman–Crippen MR) is 64.6 cm³/mol. The monoisotopic (exact) mass is 249 g/mol. The molecule has 1 heterocycles. The fraction of sp³-hybridized carbons (Fsp3) is 0.385. The topological polar surface area (TPSA) is 75.6 Å². The van der Waals surface area contributed by atoms with E-state index < -0.39 is 5.97 Å². The summed E-state index contributed by atoms with van der Waals surface area (Å²) in [6.07, 6.45) is 2.14. The first kappa shape index (κ1) is 12.4. The molecule has 1 aromatic rings. The van der Waals surface area contributed by atoms with Gasteiger partial charge in [-0.05, 0) is 30.0 Å². The summed E-state index contributed by atoms with van der Waals surface area (Å²) in [7, 11) is 0. The number of carbonyl (C=O) groups excluding carboxylic acids is 1. The number of aliphatic carboxylic acids is 1. The first-order valence-corrected chi connectivity index (χ1v) is 5.88. The lowest BCUT2D eigenvalue weighted by Gasteiger charge is -2.17. The van der Waals surface area contributed by atoms with Crippen LogP contribution in [0.3, 0.4) is 0 Å². The molecule has 5 heteroatoms. The largest absolute Gasteiger partial charge is 0.493 e. The van der Waals surface area contributed by atoms with Crippen LogP contribution in [-0.2, 0) is 22.4 Å². The van der Waals surface area contributed by atoms with E-state index in [2.05, 4.69) is 5.32 Å². The lowest BCUT2D eigenvalue weighted by Crippen LogP contribution is -2.30. The number of fused-ring (bicyclic) bond motifs is 1. The van der Waals surface area contributed by atoms with Crippen molar-refractivity contribution in [1.82, 2.24) is 5.32 Å². The van der Waals surface area contributed by atoms with Crippen LogP contribution in [0, 0.1) is 0 Å². The lowest BCUT2D eigenvalue weighted by atomic mass is 10.0. The van der Waals surface area contributed by atoms with Gasteiger partial charge in [-0.25, -0.2) is 0 Å². The highest BCUT2D eigenvalue weighted by Gasteiger charge is 2.12. The first-order chi connectivity index (χ1) is 8.65. The van der Waals surface area contributed by atoms with E-state index in [-0.39, 0.29) is 18.9 Å². The molecule has 0 aliphatic carbocycles. The van der Waals surface area contributed by atoms with Gasteiger partial charge >= 0.3 is 5.97 Å². The molecule has 1 aliphatic rings. The van der Waals surface area contributed by atoms with Gasteiger partial charge in [-0.1, -0.05) is 12.1 Å². The van der Waals surface area contributed by atoms with E-state index in [1.54, 1.807) is 0 Å². The number of carboxylic acids is 1. The fourth-order valence-corrected chi connectivity index (χ4v) is 1.95. The smallest absolute Gasteiger partial charge is 0.322 e. The third-order valence-electron chi connectivity index (χ3n) is 2.77. The van der Waals surface area contributed by atoms with Gasteiger partial charge in [0, 0.05) is 0 Å². The zero-order chi connectivity index (χ0) is 13.0. The van der Waals surface area contributed by atoms with E-state index in [1.165, 1.54) is 0 Å². The van der Waals surface area contributed by atoms with Crippen LogP contribution in [0.2, 0.25) is 0 Å². The number of hydrogen-bond donors (Lipinski definition) is 2. The third kappa shape index (κ3) is 3.23. The average Bonchev–Trinajstić information content (AvgIpc) is 2.36. The summed E-state index contributed by atoms with van der Waals surface area (Å²) in [5, 5.41) is 10.8. The highest BCUT2D eigenvalue weighted by atomic mass is 16.5. The molecular weight excluding hydrogens is 234 g/mol. The summed E-state index contributed by atoms with van der Waals surface area (Å²) in [5.41, 5.74) is 1.99. The maximum atomic E-state index is 11.5. The third-order valence-corrected chi connectivity index (χ3v) is 2.77. The number of amides is 1. The lowest BCUT2D eigenvalue weighted by molar-refractivity contribution is -0.137. The highest BCUT2D eigenvalue weighted by Crippen LogP contribution is 2.25. The molecule has 1 aromatic carbocycles. The highest BCUT2D eigenvalue weighted by molar-refractivity contribution is 5.82. The van der Waals surface area contributed by atoms with Crippen molar-refractivity contribution in [1.29, 1.82) is 0 Å². The Morgan fingerprint density at radius 3 is 3.00 bits per heavy atom. The molecule has 2 rings (SSSR count). The van der Waals surface area contributed by atoms with Gasteiger partial charge in [0.25, 0.3) is 0 Å². The average molecular weight is 249 g/mol. The minimum atomic E-state index is -1.04. The number of hydrogen-bond acceptors (Lipinski definition) is 3. The summed E-state index contributed by atoms with van der Waals surface area (Å²) >= 11 is 0. The van der Waals surface area contributed by atoms with E-state index >= 15 is 0 Å². The molecule has 0 aromatic heterocycles. The second-order valence-electron chi connectivity index (χ2n) is 4.24. The van der Waals surface area contributed by atoms with Gasteiger partial charge in [0.15, 0.2) is 0 Å². The van der Waals surface area contributed by atoms with Crippen LogP contribution >= 0.6 is 0 Å². The SMILES string of the molecule is O=C(O)CNC(=O)Cc1ccc2c(c1)CCCO2. The molecule has 0 atom stereocenters. The van der Waals surface area contributed by atoms with Gasteiger partial charge in [0.1, 0.15) is 12.3 Å². The van der Waals surface area contributed by atoms with Crippen LogP contribution < -0.4 is 10.1 Å². The molecule has 0 bridgehead atoms. The molecular formula is C13H15NO4. The van der Waals surface area contributed by atoms with Crippen molar-refractivity contribution in [2.75, 3.05) is 13.2 Å². The molecule has 96 valence electrons. The Kier molecular flexibility index (Phi) is 3.82. The van der Waals surface area contributed by atoms with Gasteiger partial charge in [-0.15, -0.1) is 0 Å². The molecule has 0 fully saturated rings. The van der Waals surface area contributed by atoms with Gasteiger partial charge in [0.05, 0.1) is 13.0 Å².